The van der Waals surface area contributed by atoms with Crippen molar-refractivity contribution in [3.8, 4) is 0 Å². The number of unbranched alkanes of at least 4 members (excludes halogenated alkanes) is 15. The second-order valence-electron chi connectivity index (χ2n) is 11.9. The standard InChI is InChI=1S/C29H61N3O6S/c1-8-9-10-11-12-13-14-15-16-17-18-19-20-21-22-23-24-31(4)28(27(2)37-29(33)30-3)38-39(34,35)36-26-25-32(5,6)7/h27-28H,8-26H2,1-7H3/p+1. The van der Waals surface area contributed by atoms with Crippen molar-refractivity contribution in [2.75, 3.05) is 54.9 Å². The number of likely N-dealkylation sites (N-methyl/N-ethyl adjacent to an activating group) is 2. The van der Waals surface area contributed by atoms with Gasteiger partial charge in [0.15, 0.2) is 6.23 Å². The van der Waals surface area contributed by atoms with E-state index in [2.05, 4.69) is 12.2 Å². The third-order valence-electron chi connectivity index (χ3n) is 6.90. The van der Waals surface area contributed by atoms with Gasteiger partial charge >= 0.3 is 16.5 Å². The normalized spacial score (nSPS) is 13.9. The molecule has 9 nitrogen and oxygen atoms in total. The molecule has 0 spiro atoms. The lowest BCUT2D eigenvalue weighted by molar-refractivity contribution is -0.870. The van der Waals surface area contributed by atoms with Crippen molar-refractivity contribution in [1.29, 1.82) is 0 Å². The summed E-state index contributed by atoms with van der Waals surface area (Å²) < 4.78 is 41.2. The third kappa shape index (κ3) is 23.5. The highest BCUT2D eigenvalue weighted by molar-refractivity contribution is 7.81. The van der Waals surface area contributed by atoms with Gasteiger partial charge in [-0.05, 0) is 20.4 Å². The molecule has 0 aromatic carbocycles. The van der Waals surface area contributed by atoms with E-state index in [1.165, 1.54) is 90.5 Å². The van der Waals surface area contributed by atoms with Crippen LogP contribution in [-0.4, -0.2) is 91.2 Å². The number of nitrogens with one attached hydrogen (secondary N) is 1. The Bertz CT molecular complexity index is 700. The Hall–Kier alpha value is -0.940. The van der Waals surface area contributed by atoms with Crippen molar-refractivity contribution in [1.82, 2.24) is 10.2 Å². The molecule has 10 heteroatoms. The smallest absolute Gasteiger partial charge is 0.407 e. The van der Waals surface area contributed by atoms with Gasteiger partial charge in [0.25, 0.3) is 0 Å². The molecule has 0 radical (unpaired) electrons. The number of hydrogen-bond acceptors (Lipinski definition) is 7. The maximum absolute atomic E-state index is 12.5. The lowest BCUT2D eigenvalue weighted by Gasteiger charge is -2.31. The van der Waals surface area contributed by atoms with E-state index in [1.54, 1.807) is 18.9 Å². The van der Waals surface area contributed by atoms with Crippen LogP contribution in [0.1, 0.15) is 117 Å². The number of carbonyl (C=O) groups is 1. The van der Waals surface area contributed by atoms with Crippen molar-refractivity contribution in [3.63, 3.8) is 0 Å². The van der Waals surface area contributed by atoms with Crippen molar-refractivity contribution in [2.45, 2.75) is 129 Å². The Kier molecular flexibility index (Phi) is 22.2. The topological polar surface area (TPSA) is 94.2 Å². The molecule has 0 aliphatic rings. The number of alkyl carbamates (subject to hydrolysis) is 1. The Morgan fingerprint density at radius 1 is 0.821 bits per heavy atom. The lowest BCUT2D eigenvalue weighted by Crippen LogP contribution is -2.47. The molecule has 1 amide bonds. The van der Waals surface area contributed by atoms with Gasteiger partial charge < -0.3 is 14.5 Å². The summed E-state index contributed by atoms with van der Waals surface area (Å²) in [5.41, 5.74) is 0. The second kappa shape index (κ2) is 22.7. The largest absolute Gasteiger partial charge is 0.442 e. The Balaban J connectivity index is 4.24. The van der Waals surface area contributed by atoms with Crippen molar-refractivity contribution >= 4 is 16.5 Å². The van der Waals surface area contributed by atoms with Gasteiger partial charge in [-0.2, -0.15) is 8.42 Å². The summed E-state index contributed by atoms with van der Waals surface area (Å²) in [6, 6.07) is 0. The molecule has 0 aliphatic carbocycles. The summed E-state index contributed by atoms with van der Waals surface area (Å²) in [6.45, 7) is 5.02. The molecular formula is C29H62N3O6S+. The van der Waals surface area contributed by atoms with Gasteiger partial charge in [-0.1, -0.05) is 103 Å². The summed E-state index contributed by atoms with van der Waals surface area (Å²) in [5, 5.41) is 2.39. The monoisotopic (exact) mass is 580 g/mol. The van der Waals surface area contributed by atoms with E-state index in [0.29, 0.717) is 17.6 Å². The lowest BCUT2D eigenvalue weighted by atomic mass is 10.0. The van der Waals surface area contributed by atoms with E-state index in [0.717, 1.165) is 19.3 Å². The molecule has 1 N–H and O–H groups in total. The zero-order valence-corrected chi connectivity index (χ0v) is 27.2. The van der Waals surface area contributed by atoms with Gasteiger partial charge in [0.2, 0.25) is 0 Å². The highest BCUT2D eigenvalue weighted by Crippen LogP contribution is 2.16. The van der Waals surface area contributed by atoms with Crippen LogP contribution in [0.2, 0.25) is 0 Å². The van der Waals surface area contributed by atoms with Crippen LogP contribution in [-0.2, 0) is 23.5 Å². The van der Waals surface area contributed by atoms with Gasteiger partial charge in [-0.15, -0.1) is 0 Å². The highest BCUT2D eigenvalue weighted by atomic mass is 32.3. The fourth-order valence-corrected chi connectivity index (χ4v) is 5.27. The van der Waals surface area contributed by atoms with E-state index in [9.17, 15) is 13.2 Å². The number of quaternary nitrogens is 1. The third-order valence-corrected chi connectivity index (χ3v) is 7.79. The van der Waals surface area contributed by atoms with Gasteiger partial charge in [0, 0.05) is 13.6 Å². The number of ether oxygens (including phenoxy) is 1. The van der Waals surface area contributed by atoms with Crippen LogP contribution < -0.4 is 5.32 Å². The summed E-state index contributed by atoms with van der Waals surface area (Å²) in [7, 11) is 4.82. The van der Waals surface area contributed by atoms with Crippen LogP contribution in [0.3, 0.4) is 0 Å². The van der Waals surface area contributed by atoms with Crippen molar-refractivity contribution in [2.24, 2.45) is 0 Å². The molecular weight excluding hydrogens is 518 g/mol. The quantitative estimate of drug-likeness (QED) is 0.0736. The summed E-state index contributed by atoms with van der Waals surface area (Å²) in [6.07, 6.45) is 18.3. The Morgan fingerprint density at radius 3 is 1.67 bits per heavy atom. The molecule has 0 heterocycles. The molecule has 0 aliphatic heterocycles. The maximum Gasteiger partial charge on any atom is 0.407 e. The van der Waals surface area contributed by atoms with Gasteiger partial charge in [0.05, 0.1) is 21.1 Å². The Labute approximate surface area is 241 Å². The van der Waals surface area contributed by atoms with Crippen LogP contribution in [0.25, 0.3) is 0 Å². The zero-order valence-electron chi connectivity index (χ0n) is 26.3. The fourth-order valence-electron chi connectivity index (χ4n) is 4.39. The highest BCUT2D eigenvalue weighted by Gasteiger charge is 2.31. The molecule has 234 valence electrons. The second-order valence-corrected chi connectivity index (χ2v) is 13.1. The van der Waals surface area contributed by atoms with Gasteiger partial charge in [-0.3, -0.25) is 4.90 Å². The van der Waals surface area contributed by atoms with E-state index in [4.69, 9.17) is 13.1 Å². The van der Waals surface area contributed by atoms with Crippen LogP contribution in [0.4, 0.5) is 4.79 Å². The molecule has 0 saturated carbocycles. The number of hydrogen-bond donors (Lipinski definition) is 1. The summed E-state index contributed by atoms with van der Waals surface area (Å²) >= 11 is 0. The molecule has 0 saturated heterocycles. The minimum Gasteiger partial charge on any atom is -0.442 e. The molecule has 2 atom stereocenters. The van der Waals surface area contributed by atoms with Crippen LogP contribution in [0, 0.1) is 0 Å². The van der Waals surface area contributed by atoms with E-state index in [-0.39, 0.29) is 6.61 Å². The van der Waals surface area contributed by atoms with Gasteiger partial charge in [0.1, 0.15) is 19.3 Å². The molecule has 0 aromatic rings. The van der Waals surface area contributed by atoms with Crippen LogP contribution in [0.15, 0.2) is 0 Å². The predicted molar refractivity (Wildman–Crippen MR) is 160 cm³/mol. The van der Waals surface area contributed by atoms with E-state index in [1.807, 2.05) is 21.1 Å². The SMILES string of the molecule is CCCCCCCCCCCCCCCCCCN(C)C(OS(=O)(=O)OCC[N+](C)(C)C)C(C)OC(=O)NC. The molecule has 39 heavy (non-hydrogen) atoms. The number of rotatable bonds is 26. The predicted octanol–water partition coefficient (Wildman–Crippen LogP) is 6.23. The summed E-state index contributed by atoms with van der Waals surface area (Å²) in [4.78, 5) is 13.5. The van der Waals surface area contributed by atoms with Gasteiger partial charge in [-0.25, -0.2) is 13.2 Å². The molecule has 0 bridgehead atoms. The molecule has 2 unspecified atom stereocenters. The fraction of sp³-hybridized carbons (Fsp3) is 0.966. The zero-order chi connectivity index (χ0) is 29.6. The minimum absolute atomic E-state index is 0.00603. The number of nitrogens with zero attached hydrogens (tertiary/aromatic N) is 2. The van der Waals surface area contributed by atoms with Crippen LogP contribution >= 0.6 is 0 Å². The first kappa shape index (κ1) is 38.1. The molecule has 0 fully saturated rings. The first-order valence-electron chi connectivity index (χ1n) is 15.4. The van der Waals surface area contributed by atoms with E-state index >= 15 is 0 Å². The average molecular weight is 581 g/mol. The first-order chi connectivity index (χ1) is 18.4. The van der Waals surface area contributed by atoms with E-state index < -0.39 is 28.8 Å². The Morgan fingerprint density at radius 2 is 1.26 bits per heavy atom. The number of amides is 1. The molecule has 0 aromatic heterocycles. The van der Waals surface area contributed by atoms with Crippen molar-refractivity contribution in [3.05, 3.63) is 0 Å². The number of carbonyl (C=O) groups excluding carboxylic acids is 1. The maximum atomic E-state index is 12.5. The van der Waals surface area contributed by atoms with Crippen LogP contribution in [0.5, 0.6) is 0 Å². The summed E-state index contributed by atoms with van der Waals surface area (Å²) in [5.74, 6) is 0. The minimum atomic E-state index is -4.26. The average Bonchev–Trinajstić information content (AvgIpc) is 2.85. The molecule has 0 rings (SSSR count). The first-order valence-corrected chi connectivity index (χ1v) is 16.7. The van der Waals surface area contributed by atoms with Crippen molar-refractivity contribution < 1.29 is 30.8 Å².